The van der Waals surface area contributed by atoms with Crippen molar-refractivity contribution in [2.75, 3.05) is 12.4 Å². The summed E-state index contributed by atoms with van der Waals surface area (Å²) in [6.45, 7) is 2.73. The van der Waals surface area contributed by atoms with E-state index in [-0.39, 0.29) is 0 Å². The molecule has 1 N–H and O–H groups in total. The van der Waals surface area contributed by atoms with Crippen LogP contribution in [0, 0.1) is 6.92 Å². The van der Waals surface area contributed by atoms with Gasteiger partial charge < -0.3 is 10.1 Å². The van der Waals surface area contributed by atoms with Crippen molar-refractivity contribution in [1.82, 2.24) is 4.98 Å². The second kappa shape index (κ2) is 5.87. The van der Waals surface area contributed by atoms with Gasteiger partial charge in [0.25, 0.3) is 0 Å². The van der Waals surface area contributed by atoms with Crippen molar-refractivity contribution in [3.8, 4) is 5.75 Å². The van der Waals surface area contributed by atoms with E-state index < -0.39 is 0 Å². The molecule has 3 nitrogen and oxygen atoms in total. The summed E-state index contributed by atoms with van der Waals surface area (Å²) < 4.78 is 6.21. The van der Waals surface area contributed by atoms with Crippen molar-refractivity contribution in [2.24, 2.45) is 0 Å². The molecule has 4 heteroatoms. The first-order valence-electron chi connectivity index (χ1n) is 5.68. The minimum Gasteiger partial charge on any atom is -0.495 e. The second-order valence-electron chi connectivity index (χ2n) is 4.01. The number of halogens is 1. The highest BCUT2D eigenvalue weighted by atomic mass is 79.9. The third-order valence-corrected chi connectivity index (χ3v) is 3.28. The van der Waals surface area contributed by atoms with Gasteiger partial charge in [0.05, 0.1) is 11.6 Å². The molecule has 1 heterocycles. The van der Waals surface area contributed by atoms with Crippen LogP contribution < -0.4 is 10.1 Å². The minimum atomic E-state index is 0.748. The lowest BCUT2D eigenvalue weighted by Gasteiger charge is -2.09. The fourth-order valence-corrected chi connectivity index (χ4v) is 1.99. The van der Waals surface area contributed by atoms with Crippen LogP contribution >= 0.6 is 15.9 Å². The topological polar surface area (TPSA) is 34.1 Å². The Labute approximate surface area is 115 Å². The predicted octanol–water partition coefficient (Wildman–Crippen LogP) is 3.77. The lowest BCUT2D eigenvalue weighted by molar-refractivity contribution is 0.412. The maximum atomic E-state index is 5.25. The molecule has 0 saturated carbocycles. The molecule has 2 rings (SSSR count). The van der Waals surface area contributed by atoms with Crippen LogP contribution in [0.25, 0.3) is 0 Å². The van der Waals surface area contributed by atoms with Crippen molar-refractivity contribution in [3.05, 3.63) is 52.3 Å². The Bertz CT molecular complexity index is 526. The number of rotatable bonds is 4. The molecule has 2 aromatic rings. The van der Waals surface area contributed by atoms with Gasteiger partial charge in [-0.15, -0.1) is 0 Å². The van der Waals surface area contributed by atoms with Crippen LogP contribution in [0.4, 0.5) is 5.69 Å². The molecule has 18 heavy (non-hydrogen) atoms. The van der Waals surface area contributed by atoms with Gasteiger partial charge in [0.2, 0.25) is 0 Å². The number of hydrogen-bond donors (Lipinski definition) is 1. The Morgan fingerprint density at radius 1 is 1.28 bits per heavy atom. The number of pyridine rings is 1. The number of methoxy groups -OCH3 is 1. The van der Waals surface area contributed by atoms with Gasteiger partial charge in [-0.05, 0) is 46.6 Å². The van der Waals surface area contributed by atoms with Crippen LogP contribution in [0.3, 0.4) is 0 Å². The zero-order valence-corrected chi connectivity index (χ0v) is 12.0. The van der Waals surface area contributed by atoms with E-state index in [1.165, 1.54) is 0 Å². The molecule has 0 amide bonds. The number of anilines is 1. The molecule has 1 aromatic heterocycles. The fraction of sp³-hybridized carbons (Fsp3) is 0.214. The summed E-state index contributed by atoms with van der Waals surface area (Å²) in [5, 5.41) is 3.34. The van der Waals surface area contributed by atoms with Gasteiger partial charge in [-0.2, -0.15) is 0 Å². The highest BCUT2D eigenvalue weighted by Crippen LogP contribution is 2.27. The lowest BCUT2D eigenvalue weighted by Crippen LogP contribution is -2.00. The van der Waals surface area contributed by atoms with E-state index in [0.29, 0.717) is 0 Å². The average Bonchev–Trinajstić information content (AvgIpc) is 2.39. The first kappa shape index (κ1) is 12.9. The predicted molar refractivity (Wildman–Crippen MR) is 77.0 cm³/mol. The largest absolute Gasteiger partial charge is 0.495 e. The smallest absolute Gasteiger partial charge is 0.135 e. The molecule has 94 valence electrons. The maximum absolute atomic E-state index is 5.25. The van der Waals surface area contributed by atoms with Crippen molar-refractivity contribution in [2.45, 2.75) is 13.5 Å². The number of aromatic nitrogens is 1. The van der Waals surface area contributed by atoms with Gasteiger partial charge in [0.1, 0.15) is 5.75 Å². The Balaban J connectivity index is 2.04. The second-order valence-corrected chi connectivity index (χ2v) is 4.87. The van der Waals surface area contributed by atoms with E-state index in [4.69, 9.17) is 4.74 Å². The molecular weight excluding hydrogens is 292 g/mol. The number of aryl methyl sites for hydroxylation is 1. The minimum absolute atomic E-state index is 0.748. The molecule has 0 bridgehead atoms. The van der Waals surface area contributed by atoms with Crippen LogP contribution in [0.1, 0.15) is 11.3 Å². The van der Waals surface area contributed by atoms with Gasteiger partial charge in [0.15, 0.2) is 0 Å². The SMILES string of the molecule is COc1cc(NCc2ccc(C)nc2)ccc1Br. The Morgan fingerprint density at radius 3 is 2.78 bits per heavy atom. The standard InChI is InChI=1S/C14H15BrN2O/c1-10-3-4-11(8-16-10)9-17-12-5-6-13(15)14(7-12)18-2/h3-8,17H,9H2,1-2H3. The summed E-state index contributed by atoms with van der Waals surface area (Å²) in [6.07, 6.45) is 1.89. The van der Waals surface area contributed by atoms with Gasteiger partial charge in [0, 0.05) is 30.2 Å². The van der Waals surface area contributed by atoms with Crippen LogP contribution in [0.2, 0.25) is 0 Å². The van der Waals surface area contributed by atoms with Gasteiger partial charge >= 0.3 is 0 Å². The number of benzene rings is 1. The first-order chi connectivity index (χ1) is 8.69. The van der Waals surface area contributed by atoms with E-state index >= 15 is 0 Å². The summed E-state index contributed by atoms with van der Waals surface area (Å²) in [5.41, 5.74) is 3.21. The van der Waals surface area contributed by atoms with E-state index in [1.54, 1.807) is 7.11 Å². The summed E-state index contributed by atoms with van der Waals surface area (Å²) in [6, 6.07) is 10.0. The van der Waals surface area contributed by atoms with Gasteiger partial charge in [-0.3, -0.25) is 4.98 Å². The van der Waals surface area contributed by atoms with Crippen molar-refractivity contribution >= 4 is 21.6 Å². The highest BCUT2D eigenvalue weighted by Gasteiger charge is 2.01. The van der Waals surface area contributed by atoms with Crippen molar-refractivity contribution < 1.29 is 4.74 Å². The summed E-state index contributed by atoms with van der Waals surface area (Å²) >= 11 is 3.43. The highest BCUT2D eigenvalue weighted by molar-refractivity contribution is 9.10. The zero-order valence-electron chi connectivity index (χ0n) is 10.4. The molecule has 0 unspecified atom stereocenters. The fourth-order valence-electron chi connectivity index (χ4n) is 1.58. The lowest BCUT2D eigenvalue weighted by atomic mass is 10.2. The summed E-state index contributed by atoms with van der Waals surface area (Å²) in [7, 11) is 1.66. The molecule has 0 saturated heterocycles. The molecule has 0 aliphatic rings. The summed E-state index contributed by atoms with van der Waals surface area (Å²) in [4.78, 5) is 4.27. The van der Waals surface area contributed by atoms with Gasteiger partial charge in [-0.1, -0.05) is 6.07 Å². The number of nitrogens with zero attached hydrogens (tertiary/aromatic N) is 1. The Hall–Kier alpha value is -1.55. The molecule has 1 aromatic carbocycles. The quantitative estimate of drug-likeness (QED) is 0.933. The van der Waals surface area contributed by atoms with Crippen LogP contribution in [-0.4, -0.2) is 12.1 Å². The van der Waals surface area contributed by atoms with Crippen molar-refractivity contribution in [1.29, 1.82) is 0 Å². The van der Waals surface area contributed by atoms with E-state index in [9.17, 15) is 0 Å². The zero-order chi connectivity index (χ0) is 13.0. The molecule has 0 fully saturated rings. The van der Waals surface area contributed by atoms with Crippen LogP contribution in [-0.2, 0) is 6.54 Å². The number of hydrogen-bond acceptors (Lipinski definition) is 3. The molecule has 0 atom stereocenters. The third kappa shape index (κ3) is 3.23. The number of ether oxygens (including phenoxy) is 1. The van der Waals surface area contributed by atoms with E-state index in [0.717, 1.165) is 33.7 Å². The van der Waals surface area contributed by atoms with E-state index in [1.807, 2.05) is 37.4 Å². The monoisotopic (exact) mass is 306 g/mol. The Morgan fingerprint density at radius 2 is 2.11 bits per heavy atom. The van der Waals surface area contributed by atoms with Crippen LogP contribution in [0.15, 0.2) is 41.0 Å². The number of nitrogens with one attached hydrogen (secondary N) is 1. The van der Waals surface area contributed by atoms with Crippen molar-refractivity contribution in [3.63, 3.8) is 0 Å². The third-order valence-electron chi connectivity index (χ3n) is 2.62. The maximum Gasteiger partial charge on any atom is 0.135 e. The first-order valence-corrected chi connectivity index (χ1v) is 6.47. The van der Waals surface area contributed by atoms with Crippen LogP contribution in [0.5, 0.6) is 5.75 Å². The molecular formula is C14H15BrN2O. The molecule has 0 spiro atoms. The average molecular weight is 307 g/mol. The van der Waals surface area contributed by atoms with Gasteiger partial charge in [-0.25, -0.2) is 0 Å². The molecule has 0 aliphatic carbocycles. The summed E-state index contributed by atoms with van der Waals surface area (Å²) in [5.74, 6) is 0.821. The molecule has 0 radical (unpaired) electrons. The molecule has 0 aliphatic heterocycles. The normalized spacial score (nSPS) is 10.2. The Kier molecular flexibility index (Phi) is 4.20. The van der Waals surface area contributed by atoms with E-state index in [2.05, 4.69) is 32.3 Å².